The topological polar surface area (TPSA) is 318 Å². The van der Waals surface area contributed by atoms with Crippen LogP contribution in [0.5, 0.6) is 0 Å². The second kappa shape index (κ2) is 24.7. The minimum atomic E-state index is -1.94. The van der Waals surface area contributed by atoms with Crippen molar-refractivity contribution in [1.82, 2.24) is 0 Å². The highest BCUT2D eigenvalue weighted by molar-refractivity contribution is 5.70. The molecule has 366 valence electrons. The van der Waals surface area contributed by atoms with Crippen LogP contribution in [0.15, 0.2) is 0 Å². The second-order valence-electron chi connectivity index (χ2n) is 14.5. The van der Waals surface area contributed by atoms with E-state index in [0.717, 1.165) is 69.2 Å². The Morgan fingerprint density at radius 3 is 1.20 bits per heavy atom. The van der Waals surface area contributed by atoms with Crippen LogP contribution in [0.2, 0.25) is 0 Å². The number of methoxy groups -OCH3 is 1. The van der Waals surface area contributed by atoms with Crippen molar-refractivity contribution in [3.8, 4) is 0 Å². The molecule has 3 fully saturated rings. The largest absolute Gasteiger partial charge is 0.463 e. The van der Waals surface area contributed by atoms with E-state index in [9.17, 15) is 47.9 Å². The molecule has 9 unspecified atom stereocenters. The maximum Gasteiger partial charge on any atom is 0.303 e. The van der Waals surface area contributed by atoms with Gasteiger partial charge in [0.05, 0.1) is 6.61 Å². The van der Waals surface area contributed by atoms with Crippen molar-refractivity contribution in [1.29, 1.82) is 0 Å². The predicted octanol–water partition coefficient (Wildman–Crippen LogP) is -1.21. The molecule has 0 N–H and O–H groups in total. The van der Waals surface area contributed by atoms with Crippen molar-refractivity contribution in [3.05, 3.63) is 0 Å². The lowest BCUT2D eigenvalue weighted by molar-refractivity contribution is -0.362. The van der Waals surface area contributed by atoms with Gasteiger partial charge in [-0.1, -0.05) is 0 Å². The van der Waals surface area contributed by atoms with Gasteiger partial charge in [0.1, 0.15) is 37.6 Å². The first-order chi connectivity index (χ1) is 30.4. The van der Waals surface area contributed by atoms with Crippen molar-refractivity contribution in [2.75, 3.05) is 26.9 Å². The summed E-state index contributed by atoms with van der Waals surface area (Å²) in [5.41, 5.74) is 0. The summed E-state index contributed by atoms with van der Waals surface area (Å²) in [6.45, 7) is 8.02. The minimum Gasteiger partial charge on any atom is -0.463 e. The van der Waals surface area contributed by atoms with Crippen LogP contribution < -0.4 is 0 Å². The lowest BCUT2D eigenvalue weighted by atomic mass is 9.96. The molecular formula is C39H54O26. The van der Waals surface area contributed by atoms with Crippen LogP contribution >= 0.6 is 0 Å². The normalized spacial score (nSPS) is 31.1. The summed E-state index contributed by atoms with van der Waals surface area (Å²) in [5.74, 6) is -9.15. The summed E-state index contributed by atoms with van der Waals surface area (Å²) in [6, 6.07) is 0. The molecule has 3 rings (SSSR count). The average Bonchev–Trinajstić information content (AvgIpc) is 3.49. The molecule has 26 heteroatoms. The number of carbonyl (C=O) groups excluding carboxylic acids is 10. The van der Waals surface area contributed by atoms with Crippen molar-refractivity contribution >= 4 is 59.7 Å². The van der Waals surface area contributed by atoms with Crippen LogP contribution in [0.4, 0.5) is 0 Å². The maximum atomic E-state index is 12.8. The number of esters is 10. The molecule has 3 aliphatic heterocycles. The molecule has 0 aromatic rings. The molecule has 26 nitrogen and oxygen atoms in total. The zero-order valence-corrected chi connectivity index (χ0v) is 37.4. The highest BCUT2D eigenvalue weighted by Crippen LogP contribution is 2.37. The van der Waals surface area contributed by atoms with E-state index in [2.05, 4.69) is 0 Å². The van der Waals surface area contributed by atoms with E-state index in [1.807, 2.05) is 0 Å². The van der Waals surface area contributed by atoms with E-state index in [4.69, 9.17) is 75.8 Å². The summed E-state index contributed by atoms with van der Waals surface area (Å²) < 4.78 is 90.1. The van der Waals surface area contributed by atoms with Crippen molar-refractivity contribution in [2.24, 2.45) is 0 Å². The second-order valence-corrected chi connectivity index (χ2v) is 14.5. The van der Waals surface area contributed by atoms with E-state index in [0.29, 0.717) is 0 Å². The third-order valence-corrected chi connectivity index (χ3v) is 9.04. The minimum absolute atomic E-state index is 0.658. The Hall–Kier alpha value is -5.54. The standard InChI is InChI=1S/C39H54O26/c1-15(40)51-12-26-28(55-18(4)43)31(56-19(5)44)36(61-24(10)49)39(63-26)65-30-27(13-52-16(2)41)62-38(35(60-23(9)48)33(30)58-21(7)46)53-14-25(54-17(3)42)29-32(57-20(6)45)34(59-22(8)47)37(50-11)64-29/h25-39H,12-14H2,1-11H3/t25?,26?,27?,28-,29-,30+,31?,32?,33?,34?,35?,36?,37+,38+,39-/m0/s1. The maximum absolute atomic E-state index is 12.8. The Balaban J connectivity index is 2.18. The van der Waals surface area contributed by atoms with Crippen molar-refractivity contribution in [3.63, 3.8) is 0 Å². The SMILES string of the molecule is CO[C@@H]1O[C@@H](C(CO[C@@H]2OC(COC(C)=O)[C@@H](O[C@@H]3OC(COC(C)=O)[C@H](OC(C)=O)C(OC(C)=O)C3OC(C)=O)C(OC(C)=O)C2OC(C)=O)OC(C)=O)C(OC(C)=O)C1OC(C)=O. The van der Waals surface area contributed by atoms with Crippen molar-refractivity contribution in [2.45, 2.75) is 161 Å². The van der Waals surface area contributed by atoms with Crippen molar-refractivity contribution < 1.29 is 124 Å². The molecule has 3 aliphatic rings. The Labute approximate surface area is 371 Å². The van der Waals surface area contributed by atoms with E-state index < -0.39 is 172 Å². The van der Waals surface area contributed by atoms with Gasteiger partial charge >= 0.3 is 59.7 Å². The fourth-order valence-electron chi connectivity index (χ4n) is 6.99. The molecule has 0 amide bonds. The highest BCUT2D eigenvalue weighted by Gasteiger charge is 2.59. The van der Waals surface area contributed by atoms with E-state index >= 15 is 0 Å². The molecule has 0 bridgehead atoms. The summed E-state index contributed by atoms with van der Waals surface area (Å²) in [6.07, 6.45) is -24.8. The van der Waals surface area contributed by atoms with Gasteiger partial charge in [0, 0.05) is 76.3 Å². The van der Waals surface area contributed by atoms with Gasteiger partial charge in [-0.05, 0) is 0 Å². The van der Waals surface area contributed by atoms with E-state index in [-0.39, 0.29) is 0 Å². The Kier molecular flexibility index (Phi) is 20.4. The molecule has 0 aromatic carbocycles. The zero-order valence-electron chi connectivity index (χ0n) is 37.4. The summed E-state index contributed by atoms with van der Waals surface area (Å²) in [7, 11) is 1.20. The predicted molar refractivity (Wildman–Crippen MR) is 202 cm³/mol. The lowest BCUT2D eigenvalue weighted by Gasteiger charge is -2.48. The smallest absolute Gasteiger partial charge is 0.303 e. The number of hydrogen-bond donors (Lipinski definition) is 0. The van der Waals surface area contributed by atoms with Crippen LogP contribution in [0.3, 0.4) is 0 Å². The molecule has 3 heterocycles. The Morgan fingerprint density at radius 1 is 0.400 bits per heavy atom. The number of ether oxygens (including phenoxy) is 16. The van der Waals surface area contributed by atoms with Crippen LogP contribution in [0, 0.1) is 0 Å². The molecule has 65 heavy (non-hydrogen) atoms. The van der Waals surface area contributed by atoms with Gasteiger partial charge in [-0.15, -0.1) is 0 Å². The van der Waals surface area contributed by atoms with Gasteiger partial charge in [-0.25, -0.2) is 0 Å². The van der Waals surface area contributed by atoms with Crippen LogP contribution in [-0.4, -0.2) is 179 Å². The molecule has 0 radical (unpaired) electrons. The number of rotatable bonds is 19. The zero-order chi connectivity index (χ0) is 48.9. The molecular weight excluding hydrogens is 884 g/mol. The molecule has 15 atom stereocenters. The van der Waals surface area contributed by atoms with Gasteiger partial charge in [0.2, 0.25) is 0 Å². The first-order valence-corrected chi connectivity index (χ1v) is 19.8. The van der Waals surface area contributed by atoms with Gasteiger partial charge in [0.15, 0.2) is 67.7 Å². The van der Waals surface area contributed by atoms with Gasteiger partial charge in [-0.2, -0.15) is 0 Å². The van der Waals surface area contributed by atoms with E-state index in [1.165, 1.54) is 7.11 Å². The molecule has 3 saturated heterocycles. The number of carbonyl (C=O) groups is 10. The summed E-state index contributed by atoms with van der Waals surface area (Å²) in [5, 5.41) is 0. The average molecular weight is 939 g/mol. The fraction of sp³-hybridized carbons (Fsp3) is 0.744. The van der Waals surface area contributed by atoms with E-state index in [1.54, 1.807) is 0 Å². The molecule has 0 aliphatic carbocycles. The van der Waals surface area contributed by atoms with Gasteiger partial charge < -0.3 is 75.8 Å². The van der Waals surface area contributed by atoms with Crippen LogP contribution in [-0.2, 0) is 124 Å². The summed E-state index contributed by atoms with van der Waals surface area (Å²) in [4.78, 5) is 124. The third kappa shape index (κ3) is 16.1. The Bertz CT molecular complexity index is 1750. The van der Waals surface area contributed by atoms with Crippen LogP contribution in [0.1, 0.15) is 69.2 Å². The quantitative estimate of drug-likeness (QED) is 0.108. The first-order valence-electron chi connectivity index (χ1n) is 19.8. The monoisotopic (exact) mass is 938 g/mol. The molecule has 0 aromatic heterocycles. The number of hydrogen-bond acceptors (Lipinski definition) is 26. The molecule has 0 saturated carbocycles. The molecule has 0 spiro atoms. The van der Waals surface area contributed by atoms with Crippen LogP contribution in [0.25, 0.3) is 0 Å². The first kappa shape index (κ1) is 53.8. The fourth-order valence-corrected chi connectivity index (χ4v) is 6.99. The Morgan fingerprint density at radius 2 is 0.769 bits per heavy atom. The lowest BCUT2D eigenvalue weighted by Crippen LogP contribution is -2.67. The van der Waals surface area contributed by atoms with Gasteiger partial charge in [-0.3, -0.25) is 47.9 Å². The summed E-state index contributed by atoms with van der Waals surface area (Å²) >= 11 is 0. The highest BCUT2D eigenvalue weighted by atomic mass is 16.8. The third-order valence-electron chi connectivity index (χ3n) is 9.04. The van der Waals surface area contributed by atoms with Gasteiger partial charge in [0.25, 0.3) is 0 Å².